The van der Waals surface area contributed by atoms with Crippen molar-refractivity contribution in [2.45, 2.75) is 19.3 Å². The van der Waals surface area contributed by atoms with Crippen LogP contribution in [-0.2, 0) is 25.5 Å². The van der Waals surface area contributed by atoms with Gasteiger partial charge >= 0.3 is 11.9 Å². The van der Waals surface area contributed by atoms with Crippen LogP contribution in [0.3, 0.4) is 0 Å². The van der Waals surface area contributed by atoms with Crippen molar-refractivity contribution in [3.8, 4) is 11.8 Å². The lowest BCUT2D eigenvalue weighted by atomic mass is 9.81. The van der Waals surface area contributed by atoms with E-state index in [1.807, 2.05) is 24.3 Å². The molecule has 2 N–H and O–H groups in total. The maximum absolute atomic E-state index is 13.3. The first-order valence-corrected chi connectivity index (χ1v) is 12.5. The molecule has 0 fully saturated rings. The third-order valence-electron chi connectivity index (χ3n) is 6.81. The Morgan fingerprint density at radius 3 is 2.20 bits per heavy atom. The number of hydrogen-bond acceptors (Lipinski definition) is 9. The molecule has 0 radical (unpaired) electrons. The van der Waals surface area contributed by atoms with E-state index >= 15 is 0 Å². The van der Waals surface area contributed by atoms with Crippen LogP contribution >= 0.6 is 0 Å². The summed E-state index contributed by atoms with van der Waals surface area (Å²) >= 11 is 0. The number of hydrogen-bond donors (Lipinski definition) is 1. The minimum atomic E-state index is -0.945. The number of methoxy groups -OCH3 is 2. The number of nitrogens with two attached hydrogens (primary N) is 1. The number of aromatic nitrogens is 3. The molecule has 10 nitrogen and oxygen atoms in total. The van der Waals surface area contributed by atoms with Gasteiger partial charge in [0.05, 0.1) is 48.7 Å². The topological polar surface area (TPSA) is 136 Å². The third kappa shape index (κ3) is 4.43. The number of benzene rings is 3. The molecule has 1 unspecified atom stereocenters. The summed E-state index contributed by atoms with van der Waals surface area (Å²) in [6.07, 6.45) is 0.919. The fourth-order valence-corrected chi connectivity index (χ4v) is 4.80. The van der Waals surface area contributed by atoms with Gasteiger partial charge in [-0.25, -0.2) is 9.59 Å². The van der Waals surface area contributed by atoms with E-state index < -0.39 is 17.9 Å². The molecule has 0 saturated heterocycles. The Balaban J connectivity index is 1.71. The number of nitrogens with zero attached hydrogens (tertiary/aromatic N) is 5. The van der Waals surface area contributed by atoms with Crippen LogP contribution in [0.15, 0.2) is 95.5 Å². The van der Waals surface area contributed by atoms with E-state index in [1.165, 1.54) is 29.5 Å². The zero-order valence-corrected chi connectivity index (χ0v) is 22.2. The SMILES string of the molecule is CCc1ccc(-n2nc3ccc(N4C(N)=C(C#N)C(c5ccccc5)C(C(=O)OC)=C4C(=O)OC)cc3n2)cc1. The number of fused-ring (bicyclic) bond motifs is 1. The van der Waals surface area contributed by atoms with E-state index in [-0.39, 0.29) is 22.7 Å². The molecule has 1 aliphatic rings. The molecular formula is C30H26N6O4. The van der Waals surface area contributed by atoms with Crippen LogP contribution in [-0.4, -0.2) is 41.2 Å². The van der Waals surface area contributed by atoms with Gasteiger partial charge in [0.1, 0.15) is 22.6 Å². The highest BCUT2D eigenvalue weighted by atomic mass is 16.5. The Bertz CT molecular complexity index is 1710. The number of aryl methyl sites for hydroxylation is 1. The number of carbonyl (C=O) groups is 2. The van der Waals surface area contributed by atoms with E-state index in [0.717, 1.165) is 12.1 Å². The van der Waals surface area contributed by atoms with Gasteiger partial charge < -0.3 is 15.2 Å². The summed E-state index contributed by atoms with van der Waals surface area (Å²) in [6.45, 7) is 2.08. The molecule has 0 bridgehead atoms. The van der Waals surface area contributed by atoms with Crippen molar-refractivity contribution in [2.24, 2.45) is 5.73 Å². The third-order valence-corrected chi connectivity index (χ3v) is 6.81. The Labute approximate surface area is 230 Å². The Morgan fingerprint density at radius 2 is 1.57 bits per heavy atom. The van der Waals surface area contributed by atoms with Crippen LogP contribution in [0.1, 0.15) is 24.0 Å². The first kappa shape index (κ1) is 26.2. The average molecular weight is 535 g/mol. The lowest BCUT2D eigenvalue weighted by molar-refractivity contribution is -0.139. The summed E-state index contributed by atoms with van der Waals surface area (Å²) in [5, 5.41) is 19.4. The van der Waals surface area contributed by atoms with E-state index in [2.05, 4.69) is 23.2 Å². The van der Waals surface area contributed by atoms with Crippen molar-refractivity contribution in [3.63, 3.8) is 0 Å². The highest BCUT2D eigenvalue weighted by Crippen LogP contribution is 2.43. The van der Waals surface area contributed by atoms with E-state index in [9.17, 15) is 14.9 Å². The smallest absolute Gasteiger partial charge is 0.355 e. The molecule has 200 valence electrons. The number of carbonyl (C=O) groups excluding carboxylic acids is 2. The molecular weight excluding hydrogens is 508 g/mol. The molecule has 40 heavy (non-hydrogen) atoms. The predicted octanol–water partition coefficient (Wildman–Crippen LogP) is 3.88. The van der Waals surface area contributed by atoms with Crippen molar-refractivity contribution in [2.75, 3.05) is 19.1 Å². The molecule has 0 amide bonds. The predicted molar refractivity (Wildman–Crippen MR) is 148 cm³/mol. The van der Waals surface area contributed by atoms with Crippen molar-refractivity contribution in [3.05, 3.63) is 107 Å². The largest absolute Gasteiger partial charge is 0.466 e. The zero-order chi connectivity index (χ0) is 28.4. The molecule has 1 atom stereocenters. The quantitative estimate of drug-likeness (QED) is 0.365. The second kappa shape index (κ2) is 10.7. The van der Waals surface area contributed by atoms with Crippen molar-refractivity contribution in [1.82, 2.24) is 15.0 Å². The summed E-state index contributed by atoms with van der Waals surface area (Å²) in [5.41, 5.74) is 10.5. The van der Waals surface area contributed by atoms with Gasteiger partial charge in [0.25, 0.3) is 0 Å². The van der Waals surface area contributed by atoms with E-state index in [1.54, 1.807) is 48.5 Å². The second-order valence-corrected chi connectivity index (χ2v) is 9.02. The van der Waals surface area contributed by atoms with Crippen LogP contribution in [0.25, 0.3) is 16.7 Å². The molecule has 2 heterocycles. The van der Waals surface area contributed by atoms with Gasteiger partial charge in [0.15, 0.2) is 0 Å². The summed E-state index contributed by atoms with van der Waals surface area (Å²) in [4.78, 5) is 29.4. The fraction of sp³-hybridized carbons (Fsp3) is 0.167. The molecule has 5 rings (SSSR count). The van der Waals surface area contributed by atoms with Gasteiger partial charge in [-0.2, -0.15) is 10.1 Å². The molecule has 0 aliphatic carbocycles. The summed E-state index contributed by atoms with van der Waals surface area (Å²) < 4.78 is 10.2. The number of anilines is 1. The van der Waals surface area contributed by atoms with E-state index in [4.69, 9.17) is 15.2 Å². The molecule has 4 aromatic rings. The highest BCUT2D eigenvalue weighted by molar-refractivity contribution is 6.06. The Kier molecular flexibility index (Phi) is 7.03. The van der Waals surface area contributed by atoms with Gasteiger partial charge in [-0.1, -0.05) is 49.4 Å². The number of nitriles is 1. The van der Waals surface area contributed by atoms with E-state index in [0.29, 0.717) is 22.3 Å². The lowest BCUT2D eigenvalue weighted by Gasteiger charge is -2.35. The van der Waals surface area contributed by atoms with Crippen LogP contribution in [0.5, 0.6) is 0 Å². The molecule has 0 saturated carbocycles. The van der Waals surface area contributed by atoms with Gasteiger partial charge in [-0.05, 0) is 47.9 Å². The normalized spacial score (nSPS) is 15.2. The van der Waals surface area contributed by atoms with Crippen LogP contribution in [0.4, 0.5) is 5.69 Å². The Hall–Kier alpha value is -5.43. The fourth-order valence-electron chi connectivity index (χ4n) is 4.80. The monoisotopic (exact) mass is 534 g/mol. The number of ether oxygens (including phenoxy) is 2. The zero-order valence-electron chi connectivity index (χ0n) is 22.2. The first-order valence-electron chi connectivity index (χ1n) is 12.5. The van der Waals surface area contributed by atoms with Crippen LogP contribution in [0.2, 0.25) is 0 Å². The summed E-state index contributed by atoms with van der Waals surface area (Å²) in [7, 11) is 2.42. The minimum absolute atomic E-state index is 0.0219. The van der Waals surface area contributed by atoms with Gasteiger partial charge in [0, 0.05) is 0 Å². The molecule has 0 spiro atoms. The van der Waals surface area contributed by atoms with Crippen molar-refractivity contribution < 1.29 is 19.1 Å². The minimum Gasteiger partial charge on any atom is -0.466 e. The standard InChI is InChI=1S/C30H26N6O4/c1-4-18-10-12-20(13-11-18)36-33-23-15-14-21(16-24(23)34-36)35-27(30(38)40-3)26(29(37)39-2)25(22(17-31)28(35)32)19-8-6-5-7-9-19/h5-16,25H,4,32H2,1-3H3. The maximum Gasteiger partial charge on any atom is 0.355 e. The first-order chi connectivity index (χ1) is 19.4. The van der Waals surface area contributed by atoms with Crippen LogP contribution in [0, 0.1) is 11.3 Å². The van der Waals surface area contributed by atoms with Crippen molar-refractivity contribution in [1.29, 1.82) is 5.26 Å². The van der Waals surface area contributed by atoms with Gasteiger partial charge in [0.2, 0.25) is 0 Å². The number of esters is 2. The molecule has 1 aromatic heterocycles. The van der Waals surface area contributed by atoms with Crippen LogP contribution < -0.4 is 10.6 Å². The van der Waals surface area contributed by atoms with Crippen molar-refractivity contribution >= 4 is 28.7 Å². The number of rotatable bonds is 6. The second-order valence-electron chi connectivity index (χ2n) is 9.02. The van der Waals surface area contributed by atoms with Gasteiger partial charge in [-0.3, -0.25) is 4.90 Å². The number of allylic oxidation sites excluding steroid dienone is 1. The highest BCUT2D eigenvalue weighted by Gasteiger charge is 2.43. The molecule has 10 heteroatoms. The maximum atomic E-state index is 13.3. The molecule has 1 aliphatic heterocycles. The Morgan fingerprint density at radius 1 is 0.925 bits per heavy atom. The summed E-state index contributed by atoms with van der Waals surface area (Å²) in [6, 6.07) is 24.0. The summed E-state index contributed by atoms with van der Waals surface area (Å²) in [5.74, 6) is -2.57. The average Bonchev–Trinajstić information content (AvgIpc) is 3.43. The van der Waals surface area contributed by atoms with Gasteiger partial charge in [-0.15, -0.1) is 10.2 Å². The molecule has 3 aromatic carbocycles. The lowest BCUT2D eigenvalue weighted by Crippen LogP contribution is -2.40.